The normalized spacial score (nSPS) is 20.7. The molecule has 1 amide bonds. The number of hydrogen-bond acceptors (Lipinski definition) is 8. The van der Waals surface area contributed by atoms with Crippen LogP contribution in [0.2, 0.25) is 0 Å². The number of amides is 1. The van der Waals surface area contributed by atoms with Crippen molar-refractivity contribution in [3.63, 3.8) is 0 Å². The Kier molecular flexibility index (Phi) is 38.9. The first kappa shape index (κ1) is 55.9. The summed E-state index contributed by atoms with van der Waals surface area (Å²) in [7, 11) is 0. The molecule has 0 aliphatic carbocycles. The third-order valence-corrected chi connectivity index (χ3v) is 12.4. The molecule has 0 aromatic carbocycles. The summed E-state index contributed by atoms with van der Waals surface area (Å²) in [6, 6.07) is -0.798. The first-order valence-electron chi connectivity index (χ1n) is 25.4. The van der Waals surface area contributed by atoms with E-state index in [4.69, 9.17) is 9.47 Å². The molecule has 1 rings (SSSR count). The minimum absolute atomic E-state index is 0.172. The van der Waals surface area contributed by atoms with E-state index >= 15 is 0 Å². The lowest BCUT2D eigenvalue weighted by Crippen LogP contribution is -2.60. The number of carbonyl (C=O) groups excluding carboxylic acids is 1. The second kappa shape index (κ2) is 41.0. The summed E-state index contributed by atoms with van der Waals surface area (Å²) in [6.07, 6.45) is 41.2. The molecule has 6 N–H and O–H groups in total. The van der Waals surface area contributed by atoms with Crippen molar-refractivity contribution in [2.24, 2.45) is 0 Å². The van der Waals surface area contributed by atoms with Gasteiger partial charge in [-0.2, -0.15) is 0 Å². The summed E-state index contributed by atoms with van der Waals surface area (Å²) in [5, 5.41) is 54.3. The molecule has 0 bridgehead atoms. The first-order valence-corrected chi connectivity index (χ1v) is 25.4. The fourth-order valence-electron chi connectivity index (χ4n) is 8.28. The zero-order chi connectivity index (χ0) is 43.0. The fourth-order valence-corrected chi connectivity index (χ4v) is 8.28. The average molecular weight is 840 g/mol. The highest BCUT2D eigenvalue weighted by molar-refractivity contribution is 5.76. The van der Waals surface area contributed by atoms with E-state index in [-0.39, 0.29) is 12.5 Å². The van der Waals surface area contributed by atoms with E-state index in [1.54, 1.807) is 6.08 Å². The molecule has 7 atom stereocenters. The Morgan fingerprint density at radius 2 is 0.932 bits per heavy atom. The van der Waals surface area contributed by atoms with Gasteiger partial charge in [0.1, 0.15) is 24.4 Å². The van der Waals surface area contributed by atoms with Crippen molar-refractivity contribution in [2.45, 2.75) is 288 Å². The number of aliphatic hydroxyl groups excluding tert-OH is 5. The van der Waals surface area contributed by atoms with Crippen molar-refractivity contribution in [3.05, 3.63) is 12.2 Å². The van der Waals surface area contributed by atoms with Crippen LogP contribution < -0.4 is 5.32 Å². The molecular formula is C50H97NO8. The molecule has 1 aliphatic rings. The summed E-state index contributed by atoms with van der Waals surface area (Å²) < 4.78 is 11.2. The van der Waals surface area contributed by atoms with E-state index in [2.05, 4.69) is 19.2 Å². The highest BCUT2D eigenvalue weighted by Crippen LogP contribution is 2.23. The molecule has 0 radical (unpaired) electrons. The maximum absolute atomic E-state index is 13.0. The van der Waals surface area contributed by atoms with Gasteiger partial charge in [-0.3, -0.25) is 4.79 Å². The Balaban J connectivity index is 2.24. The summed E-state index contributed by atoms with van der Waals surface area (Å²) in [6.45, 7) is 3.79. The van der Waals surface area contributed by atoms with Crippen molar-refractivity contribution < 1.29 is 39.8 Å². The number of carbonyl (C=O) groups is 1. The van der Waals surface area contributed by atoms with Crippen LogP contribution >= 0.6 is 0 Å². The van der Waals surface area contributed by atoms with E-state index in [9.17, 15) is 30.3 Å². The van der Waals surface area contributed by atoms with Gasteiger partial charge in [-0.05, 0) is 19.3 Å². The zero-order valence-electron chi connectivity index (χ0n) is 38.5. The summed E-state index contributed by atoms with van der Waals surface area (Å²) >= 11 is 0. The van der Waals surface area contributed by atoms with Crippen molar-refractivity contribution >= 4 is 5.91 Å². The quantitative estimate of drug-likeness (QED) is 0.0263. The monoisotopic (exact) mass is 840 g/mol. The lowest BCUT2D eigenvalue weighted by Gasteiger charge is -2.40. The number of nitrogens with one attached hydrogen (secondary N) is 1. The molecule has 59 heavy (non-hydrogen) atoms. The summed E-state index contributed by atoms with van der Waals surface area (Å²) in [5.74, 6) is -0.172. The van der Waals surface area contributed by atoms with Crippen LogP contribution in [0.15, 0.2) is 12.2 Å². The van der Waals surface area contributed by atoms with Crippen molar-refractivity contribution in [3.8, 4) is 0 Å². The van der Waals surface area contributed by atoms with Crippen LogP contribution in [0.4, 0.5) is 0 Å². The number of unbranched alkanes of at least 4 members (excludes halogenated alkanes) is 33. The lowest BCUT2D eigenvalue weighted by molar-refractivity contribution is -0.302. The Morgan fingerprint density at radius 1 is 0.559 bits per heavy atom. The molecule has 1 heterocycles. The van der Waals surface area contributed by atoms with Crippen molar-refractivity contribution in [1.29, 1.82) is 0 Å². The predicted octanol–water partition coefficient (Wildman–Crippen LogP) is 11.3. The second-order valence-corrected chi connectivity index (χ2v) is 18.0. The second-order valence-electron chi connectivity index (χ2n) is 18.0. The maximum atomic E-state index is 13.0. The minimum atomic E-state index is -1.56. The van der Waals surface area contributed by atoms with Gasteiger partial charge in [-0.1, -0.05) is 231 Å². The van der Waals surface area contributed by atoms with Crippen LogP contribution in [-0.4, -0.2) is 87.5 Å². The molecule has 1 fully saturated rings. The Bertz CT molecular complexity index is 935. The predicted molar refractivity (Wildman–Crippen MR) is 244 cm³/mol. The van der Waals surface area contributed by atoms with Gasteiger partial charge in [-0.25, -0.2) is 0 Å². The summed E-state index contributed by atoms with van der Waals surface area (Å²) in [5.41, 5.74) is 0. The molecule has 0 saturated carbocycles. The topological polar surface area (TPSA) is 149 Å². The zero-order valence-corrected chi connectivity index (χ0v) is 38.5. The molecule has 9 nitrogen and oxygen atoms in total. The van der Waals surface area contributed by atoms with E-state index in [0.29, 0.717) is 6.42 Å². The Hall–Kier alpha value is -1.07. The Morgan fingerprint density at radius 3 is 1.32 bits per heavy atom. The third kappa shape index (κ3) is 31.4. The first-order chi connectivity index (χ1) is 28.8. The van der Waals surface area contributed by atoms with Crippen LogP contribution in [-0.2, 0) is 14.3 Å². The molecular weight excluding hydrogens is 743 g/mol. The average Bonchev–Trinajstić information content (AvgIpc) is 3.23. The van der Waals surface area contributed by atoms with Gasteiger partial charge in [0.2, 0.25) is 5.91 Å². The smallest absolute Gasteiger partial charge is 0.220 e. The molecule has 1 saturated heterocycles. The number of allylic oxidation sites excluding steroid dienone is 1. The van der Waals surface area contributed by atoms with Crippen LogP contribution in [0, 0.1) is 0 Å². The van der Waals surface area contributed by atoms with Gasteiger partial charge in [0, 0.05) is 6.42 Å². The standard InChI is InChI=1S/C50H97NO8/c1-3-5-7-9-11-13-15-17-18-19-20-21-22-23-24-25-26-28-30-32-34-36-38-40-46(54)51-43(42-58-50-49(57)48(56)47(55)45(41-52)59-50)44(53)39-37-35-33-31-29-27-16-14-12-10-8-6-4-2/h37,39,43-45,47-50,52-53,55-57H,3-36,38,40-42H2,1-2H3,(H,51,54)/b39-37+/t43?,44?,45-,47-,48+,49-,50?/m1/s1. The molecule has 350 valence electrons. The van der Waals surface area contributed by atoms with E-state index in [1.165, 1.54) is 186 Å². The lowest BCUT2D eigenvalue weighted by atomic mass is 9.99. The SMILES string of the molecule is CCCCCCCCCCCCC/C=C/C(O)C(COC1O[C@H](CO)[C@@H](O)[C@H](O)[C@H]1O)NC(=O)CCCCCCCCCCCCCCCCCCCCCCCCC. The molecule has 0 aromatic heterocycles. The Labute approximate surface area is 363 Å². The van der Waals surface area contributed by atoms with Gasteiger partial charge in [0.05, 0.1) is 25.4 Å². The molecule has 1 aliphatic heterocycles. The van der Waals surface area contributed by atoms with E-state index in [1.807, 2.05) is 6.08 Å². The van der Waals surface area contributed by atoms with Gasteiger partial charge >= 0.3 is 0 Å². The number of rotatable bonds is 43. The minimum Gasteiger partial charge on any atom is -0.394 e. The van der Waals surface area contributed by atoms with Gasteiger partial charge in [0.25, 0.3) is 0 Å². The third-order valence-electron chi connectivity index (χ3n) is 12.4. The fraction of sp³-hybridized carbons (Fsp3) is 0.940. The van der Waals surface area contributed by atoms with Crippen molar-refractivity contribution in [2.75, 3.05) is 13.2 Å². The van der Waals surface area contributed by atoms with Crippen LogP contribution in [0.25, 0.3) is 0 Å². The molecule has 0 aromatic rings. The largest absolute Gasteiger partial charge is 0.394 e. The highest BCUT2D eigenvalue weighted by Gasteiger charge is 2.44. The number of hydrogen-bond donors (Lipinski definition) is 6. The van der Waals surface area contributed by atoms with Crippen LogP contribution in [0.3, 0.4) is 0 Å². The maximum Gasteiger partial charge on any atom is 0.220 e. The number of aliphatic hydroxyl groups is 5. The number of ether oxygens (including phenoxy) is 2. The van der Waals surface area contributed by atoms with Crippen molar-refractivity contribution in [1.82, 2.24) is 5.32 Å². The summed E-state index contributed by atoms with van der Waals surface area (Å²) in [4.78, 5) is 13.0. The van der Waals surface area contributed by atoms with E-state index < -0.39 is 49.5 Å². The van der Waals surface area contributed by atoms with Crippen LogP contribution in [0.1, 0.15) is 245 Å². The van der Waals surface area contributed by atoms with Gasteiger partial charge < -0.3 is 40.3 Å². The molecule has 3 unspecified atom stereocenters. The highest BCUT2D eigenvalue weighted by atomic mass is 16.7. The molecule has 9 heteroatoms. The van der Waals surface area contributed by atoms with Gasteiger partial charge in [0.15, 0.2) is 6.29 Å². The molecule has 0 spiro atoms. The van der Waals surface area contributed by atoms with Gasteiger partial charge in [-0.15, -0.1) is 0 Å². The van der Waals surface area contributed by atoms with E-state index in [0.717, 1.165) is 38.5 Å². The van der Waals surface area contributed by atoms with Crippen LogP contribution in [0.5, 0.6) is 0 Å².